The van der Waals surface area contributed by atoms with Crippen LogP contribution >= 0.6 is 23.1 Å². The predicted molar refractivity (Wildman–Crippen MR) is 76.6 cm³/mol. The number of rotatable bonds is 4. The van der Waals surface area contributed by atoms with E-state index in [1.807, 2.05) is 5.38 Å². The van der Waals surface area contributed by atoms with E-state index in [1.165, 1.54) is 17.8 Å². The van der Waals surface area contributed by atoms with Crippen LogP contribution in [0.2, 0.25) is 0 Å². The van der Waals surface area contributed by atoms with Gasteiger partial charge in [0.25, 0.3) is 0 Å². The molecule has 0 radical (unpaired) electrons. The molecule has 0 aliphatic carbocycles. The van der Waals surface area contributed by atoms with E-state index in [2.05, 4.69) is 18.8 Å². The maximum atomic E-state index is 13.6. The van der Waals surface area contributed by atoms with Crippen molar-refractivity contribution in [2.75, 3.05) is 5.73 Å². The number of hydrogen-bond donors (Lipinski definition) is 1. The molecule has 2 N–H and O–H groups in total. The van der Waals surface area contributed by atoms with Gasteiger partial charge in [-0.1, -0.05) is 13.8 Å². The summed E-state index contributed by atoms with van der Waals surface area (Å²) >= 11 is 3.11. The summed E-state index contributed by atoms with van der Waals surface area (Å²) in [7, 11) is 0. The zero-order chi connectivity index (χ0) is 13.1. The highest BCUT2D eigenvalue weighted by Crippen LogP contribution is 2.28. The molecule has 0 aliphatic rings. The van der Waals surface area contributed by atoms with E-state index in [4.69, 9.17) is 5.73 Å². The van der Waals surface area contributed by atoms with Crippen LogP contribution in [0.5, 0.6) is 0 Å². The van der Waals surface area contributed by atoms with Crippen LogP contribution in [-0.2, 0) is 5.75 Å². The zero-order valence-electron chi connectivity index (χ0n) is 10.3. The molecule has 96 valence electrons. The quantitative estimate of drug-likeness (QED) is 0.672. The molecule has 0 bridgehead atoms. The van der Waals surface area contributed by atoms with Crippen molar-refractivity contribution >= 4 is 28.8 Å². The van der Waals surface area contributed by atoms with Gasteiger partial charge in [-0.05, 0) is 18.2 Å². The first kappa shape index (κ1) is 13.4. The summed E-state index contributed by atoms with van der Waals surface area (Å²) < 4.78 is 13.6. The Morgan fingerprint density at radius 3 is 2.83 bits per heavy atom. The standard InChI is InChI=1S/C13H15FN2S2/c1-8(2)13-16-10(7-18-13)6-17-12-4-3-9(15)5-11(12)14/h3-5,7-8H,6,15H2,1-2H3. The third-order valence-electron chi connectivity index (χ3n) is 2.39. The van der Waals surface area contributed by atoms with E-state index >= 15 is 0 Å². The smallest absolute Gasteiger partial charge is 0.138 e. The largest absolute Gasteiger partial charge is 0.399 e. The molecule has 0 saturated carbocycles. The Hall–Kier alpha value is -1.07. The lowest BCUT2D eigenvalue weighted by molar-refractivity contribution is 0.602. The highest BCUT2D eigenvalue weighted by molar-refractivity contribution is 7.98. The first-order valence-corrected chi connectivity index (χ1v) is 7.55. The van der Waals surface area contributed by atoms with Crippen molar-refractivity contribution in [2.45, 2.75) is 30.4 Å². The van der Waals surface area contributed by atoms with Crippen LogP contribution in [0, 0.1) is 5.82 Å². The molecule has 0 unspecified atom stereocenters. The van der Waals surface area contributed by atoms with Gasteiger partial charge in [-0.2, -0.15) is 0 Å². The molecule has 2 nitrogen and oxygen atoms in total. The van der Waals surface area contributed by atoms with Crippen LogP contribution in [0.1, 0.15) is 30.5 Å². The highest BCUT2D eigenvalue weighted by atomic mass is 32.2. The van der Waals surface area contributed by atoms with Crippen LogP contribution in [0.15, 0.2) is 28.5 Å². The van der Waals surface area contributed by atoms with Crippen molar-refractivity contribution in [3.63, 3.8) is 0 Å². The van der Waals surface area contributed by atoms with Gasteiger partial charge in [-0.25, -0.2) is 9.37 Å². The second-order valence-electron chi connectivity index (χ2n) is 4.31. The molecule has 0 saturated heterocycles. The number of halogens is 1. The lowest BCUT2D eigenvalue weighted by Gasteiger charge is -2.02. The van der Waals surface area contributed by atoms with Gasteiger partial charge >= 0.3 is 0 Å². The molecule has 1 aromatic heterocycles. The van der Waals surface area contributed by atoms with Gasteiger partial charge < -0.3 is 5.73 Å². The number of nitrogens with zero attached hydrogens (tertiary/aromatic N) is 1. The van der Waals surface area contributed by atoms with Crippen LogP contribution < -0.4 is 5.73 Å². The maximum Gasteiger partial charge on any atom is 0.138 e. The van der Waals surface area contributed by atoms with Crippen molar-refractivity contribution < 1.29 is 4.39 Å². The molecular formula is C13H15FN2S2. The Labute approximate surface area is 114 Å². The van der Waals surface area contributed by atoms with Crippen molar-refractivity contribution in [1.29, 1.82) is 0 Å². The molecule has 1 aromatic carbocycles. The Kier molecular flexibility index (Phi) is 4.24. The fraction of sp³-hybridized carbons (Fsp3) is 0.308. The van der Waals surface area contributed by atoms with Crippen molar-refractivity contribution in [2.24, 2.45) is 0 Å². The molecule has 2 rings (SSSR count). The topological polar surface area (TPSA) is 38.9 Å². The summed E-state index contributed by atoms with van der Waals surface area (Å²) in [5.41, 5.74) is 6.97. The Morgan fingerprint density at radius 1 is 1.44 bits per heavy atom. The fourth-order valence-corrected chi connectivity index (χ4v) is 3.19. The van der Waals surface area contributed by atoms with E-state index in [-0.39, 0.29) is 5.82 Å². The minimum Gasteiger partial charge on any atom is -0.399 e. The number of benzene rings is 1. The van der Waals surface area contributed by atoms with Crippen LogP contribution in [0.3, 0.4) is 0 Å². The van der Waals surface area contributed by atoms with E-state index in [0.717, 1.165) is 10.7 Å². The predicted octanol–water partition coefficient (Wildman–Crippen LogP) is 4.28. The number of nitrogen functional groups attached to an aromatic ring is 1. The number of hydrogen-bond acceptors (Lipinski definition) is 4. The van der Waals surface area contributed by atoms with Crippen LogP contribution in [-0.4, -0.2) is 4.98 Å². The molecule has 5 heteroatoms. The monoisotopic (exact) mass is 282 g/mol. The Bertz CT molecular complexity index is 538. The summed E-state index contributed by atoms with van der Waals surface area (Å²) in [6.45, 7) is 4.24. The summed E-state index contributed by atoms with van der Waals surface area (Å²) in [4.78, 5) is 5.14. The summed E-state index contributed by atoms with van der Waals surface area (Å²) in [6, 6.07) is 4.78. The van der Waals surface area contributed by atoms with Crippen LogP contribution in [0.25, 0.3) is 0 Å². The molecule has 18 heavy (non-hydrogen) atoms. The minimum absolute atomic E-state index is 0.265. The van der Waals surface area contributed by atoms with E-state index in [0.29, 0.717) is 22.3 Å². The van der Waals surface area contributed by atoms with Gasteiger partial charge in [0.2, 0.25) is 0 Å². The highest BCUT2D eigenvalue weighted by Gasteiger charge is 2.08. The van der Waals surface area contributed by atoms with Crippen molar-refractivity contribution in [1.82, 2.24) is 4.98 Å². The number of thioether (sulfide) groups is 1. The third kappa shape index (κ3) is 3.23. The Balaban J connectivity index is 2.02. The van der Waals surface area contributed by atoms with Gasteiger partial charge in [0.15, 0.2) is 0 Å². The maximum absolute atomic E-state index is 13.6. The van der Waals surface area contributed by atoms with Crippen LogP contribution in [0.4, 0.5) is 10.1 Å². The van der Waals surface area contributed by atoms with Gasteiger partial charge in [-0.3, -0.25) is 0 Å². The third-order valence-corrected chi connectivity index (χ3v) is 4.67. The Morgan fingerprint density at radius 2 is 2.22 bits per heavy atom. The molecule has 0 fully saturated rings. The first-order valence-electron chi connectivity index (χ1n) is 5.68. The fourth-order valence-electron chi connectivity index (χ4n) is 1.44. The van der Waals surface area contributed by atoms with Gasteiger partial charge in [-0.15, -0.1) is 23.1 Å². The van der Waals surface area contributed by atoms with Gasteiger partial charge in [0.05, 0.1) is 10.7 Å². The normalized spacial score (nSPS) is 11.1. The zero-order valence-corrected chi connectivity index (χ0v) is 11.9. The second-order valence-corrected chi connectivity index (χ2v) is 6.22. The average molecular weight is 282 g/mol. The summed E-state index contributed by atoms with van der Waals surface area (Å²) in [6.07, 6.45) is 0. The van der Waals surface area contributed by atoms with Gasteiger partial charge in [0.1, 0.15) is 5.82 Å². The van der Waals surface area contributed by atoms with E-state index < -0.39 is 0 Å². The molecule has 0 atom stereocenters. The SMILES string of the molecule is CC(C)c1nc(CSc2ccc(N)cc2F)cs1. The van der Waals surface area contributed by atoms with Crippen molar-refractivity contribution in [3.8, 4) is 0 Å². The summed E-state index contributed by atoms with van der Waals surface area (Å²) in [5.74, 6) is 0.866. The van der Waals surface area contributed by atoms with E-state index in [9.17, 15) is 4.39 Å². The molecule has 0 aliphatic heterocycles. The number of thiazole rings is 1. The average Bonchev–Trinajstić information content (AvgIpc) is 2.76. The number of anilines is 1. The second kappa shape index (κ2) is 5.71. The summed E-state index contributed by atoms with van der Waals surface area (Å²) in [5, 5.41) is 3.17. The van der Waals surface area contributed by atoms with Gasteiger partial charge in [0, 0.05) is 27.6 Å². The van der Waals surface area contributed by atoms with E-state index in [1.54, 1.807) is 23.5 Å². The molecule has 1 heterocycles. The lowest BCUT2D eigenvalue weighted by atomic mass is 10.2. The molecule has 0 spiro atoms. The molecule has 2 aromatic rings. The lowest BCUT2D eigenvalue weighted by Crippen LogP contribution is -1.90. The number of nitrogens with two attached hydrogens (primary N) is 1. The number of aromatic nitrogens is 1. The first-order chi connectivity index (χ1) is 8.56. The van der Waals surface area contributed by atoms with Crippen molar-refractivity contribution in [3.05, 3.63) is 40.1 Å². The minimum atomic E-state index is -0.265. The molecule has 0 amide bonds. The molecular weight excluding hydrogens is 267 g/mol.